The van der Waals surface area contributed by atoms with E-state index in [0.29, 0.717) is 12.8 Å². The molecule has 0 saturated carbocycles. The zero-order valence-electron chi connectivity index (χ0n) is 29.6. The van der Waals surface area contributed by atoms with E-state index in [1.807, 2.05) is 0 Å². The smallest absolute Gasteiger partial charge is 0.245 e. The molecule has 15 N–H and O–H groups in total. The summed E-state index contributed by atoms with van der Waals surface area (Å²) in [5.41, 5.74) is 11.8. The summed E-state index contributed by atoms with van der Waals surface area (Å²) in [5, 5.41) is 57.2. The topological polar surface area (TPSA) is 337 Å². The van der Waals surface area contributed by atoms with Crippen LogP contribution < -0.4 is 48.7 Å². The highest BCUT2D eigenvalue weighted by Crippen LogP contribution is 2.07. The van der Waals surface area contributed by atoms with Crippen molar-refractivity contribution in [2.24, 2.45) is 11.5 Å². The lowest BCUT2D eigenvalue weighted by atomic mass is 10.0. The standard InChI is InChI=1S/C33H53N9O11/c1-18(46)27-33(53)41-25(17-45)32(52)38-20(14-37-24(16-44)31(51)40-23(28(35)48)13-19-7-3-2-4-8-19)9-5-6-12-36-26(47)11-10-22(30(50)42-27)39-29(49)21(34)15-43/h2-4,7-8,18,20-25,27,37,43-46H,5-6,9-17,34H2,1H3,(H2,35,48)(H,36,47)(H,38,52)(H,39,49)(H,40,51)(H,41,53)(H,42,50)/t18?,20-,21-,22-,23-,24-,25-,27-/m0/s1. The molecule has 0 spiro atoms. The Hall–Kier alpha value is -4.73. The second kappa shape index (κ2) is 23.0. The van der Waals surface area contributed by atoms with Gasteiger partial charge in [0.15, 0.2) is 0 Å². The van der Waals surface area contributed by atoms with Crippen molar-refractivity contribution in [2.45, 2.75) is 93.8 Å². The fourth-order valence-corrected chi connectivity index (χ4v) is 5.25. The van der Waals surface area contributed by atoms with E-state index in [4.69, 9.17) is 11.5 Å². The number of primary amides is 1. The number of amides is 7. The molecule has 2 rings (SSSR count). The molecular formula is C33H53N9O11. The Morgan fingerprint density at radius 3 is 2.19 bits per heavy atom. The second-order valence-electron chi connectivity index (χ2n) is 12.7. The van der Waals surface area contributed by atoms with E-state index in [1.165, 1.54) is 6.92 Å². The number of carbonyl (C=O) groups excluding carboxylic acids is 7. The molecule has 0 aromatic heterocycles. The molecule has 0 bridgehead atoms. The van der Waals surface area contributed by atoms with Crippen molar-refractivity contribution in [3.63, 3.8) is 0 Å². The van der Waals surface area contributed by atoms with E-state index >= 15 is 0 Å². The molecule has 20 heteroatoms. The normalized spacial score (nSPS) is 23.3. The van der Waals surface area contributed by atoms with Crippen LogP contribution in [0, 0.1) is 0 Å². The third-order valence-electron chi connectivity index (χ3n) is 8.40. The fraction of sp³-hybridized carbons (Fsp3) is 0.606. The van der Waals surface area contributed by atoms with Crippen molar-refractivity contribution in [2.75, 3.05) is 32.9 Å². The first kappa shape index (κ1) is 44.4. The van der Waals surface area contributed by atoms with Gasteiger partial charge in [0.2, 0.25) is 41.4 Å². The van der Waals surface area contributed by atoms with E-state index in [9.17, 15) is 54.0 Å². The van der Waals surface area contributed by atoms with E-state index in [2.05, 4.69) is 37.2 Å². The largest absolute Gasteiger partial charge is 0.394 e. The molecule has 0 radical (unpaired) electrons. The summed E-state index contributed by atoms with van der Waals surface area (Å²) in [6.45, 7) is -1.03. The Bertz CT molecular complexity index is 1390. The van der Waals surface area contributed by atoms with Crippen LogP contribution in [0.2, 0.25) is 0 Å². The Morgan fingerprint density at radius 2 is 1.58 bits per heavy atom. The number of aliphatic hydroxyl groups is 4. The number of hydrogen-bond acceptors (Lipinski definition) is 13. The van der Waals surface area contributed by atoms with Crippen molar-refractivity contribution in [1.29, 1.82) is 0 Å². The minimum Gasteiger partial charge on any atom is -0.394 e. The van der Waals surface area contributed by atoms with Crippen LogP contribution in [0.5, 0.6) is 0 Å². The molecule has 1 saturated heterocycles. The second-order valence-corrected chi connectivity index (χ2v) is 12.7. The van der Waals surface area contributed by atoms with Gasteiger partial charge < -0.3 is 69.1 Å². The fourth-order valence-electron chi connectivity index (χ4n) is 5.25. The van der Waals surface area contributed by atoms with E-state index in [1.54, 1.807) is 30.3 Å². The molecule has 1 aromatic rings. The zero-order chi connectivity index (χ0) is 39.5. The van der Waals surface area contributed by atoms with Crippen LogP contribution in [0.25, 0.3) is 0 Å². The van der Waals surface area contributed by atoms with E-state index in [0.717, 1.165) is 5.56 Å². The monoisotopic (exact) mass is 751 g/mol. The summed E-state index contributed by atoms with van der Waals surface area (Å²) in [5.74, 6) is -5.79. The number of rotatable bonds is 14. The summed E-state index contributed by atoms with van der Waals surface area (Å²) < 4.78 is 0. The van der Waals surface area contributed by atoms with Gasteiger partial charge in [0.1, 0.15) is 36.3 Å². The first-order chi connectivity index (χ1) is 25.2. The molecule has 0 aliphatic carbocycles. The summed E-state index contributed by atoms with van der Waals surface area (Å²) >= 11 is 0. The van der Waals surface area contributed by atoms with Crippen molar-refractivity contribution in [3.05, 3.63) is 35.9 Å². The highest BCUT2D eigenvalue weighted by atomic mass is 16.3. The SMILES string of the molecule is CC(O)[C@@H]1NC(=O)[C@@H](NC(=O)[C@@H](N)CO)CCC(=O)NCCCC[C@@H](CN[C@@H](CO)C(=O)N[C@@H](Cc2ccccc2)C(N)=O)NC(=O)[C@H](CO)NC1=O. The summed E-state index contributed by atoms with van der Waals surface area (Å²) in [6, 6.07) is -0.250. The van der Waals surface area contributed by atoms with Gasteiger partial charge in [-0.15, -0.1) is 0 Å². The van der Waals surface area contributed by atoms with Crippen LogP contribution in [0.4, 0.5) is 0 Å². The number of aliphatic hydroxyl groups excluding tert-OH is 4. The van der Waals surface area contributed by atoms with Crippen LogP contribution in [0.1, 0.15) is 44.6 Å². The average Bonchev–Trinajstić information content (AvgIpc) is 3.13. The number of hydrogen-bond donors (Lipinski definition) is 13. The summed E-state index contributed by atoms with van der Waals surface area (Å²) in [4.78, 5) is 89.8. The van der Waals surface area contributed by atoms with Gasteiger partial charge in [0.05, 0.1) is 25.9 Å². The van der Waals surface area contributed by atoms with Gasteiger partial charge >= 0.3 is 0 Å². The highest BCUT2D eigenvalue weighted by Gasteiger charge is 2.34. The van der Waals surface area contributed by atoms with Crippen molar-refractivity contribution in [3.8, 4) is 0 Å². The lowest BCUT2D eigenvalue weighted by molar-refractivity contribution is -0.136. The highest BCUT2D eigenvalue weighted by molar-refractivity contribution is 5.95. The van der Waals surface area contributed by atoms with Crippen molar-refractivity contribution in [1.82, 2.24) is 37.2 Å². The van der Waals surface area contributed by atoms with Crippen LogP contribution in [-0.2, 0) is 40.0 Å². The molecule has 296 valence electrons. The van der Waals surface area contributed by atoms with Gasteiger partial charge in [-0.3, -0.25) is 33.6 Å². The quantitative estimate of drug-likeness (QED) is 0.0843. The van der Waals surface area contributed by atoms with Crippen LogP contribution in [0.3, 0.4) is 0 Å². The Labute approximate surface area is 306 Å². The van der Waals surface area contributed by atoms with Gasteiger partial charge in [0, 0.05) is 32.0 Å². The van der Waals surface area contributed by atoms with Gasteiger partial charge in [-0.25, -0.2) is 0 Å². The van der Waals surface area contributed by atoms with Gasteiger partial charge in [-0.1, -0.05) is 30.3 Å². The predicted octanol–water partition coefficient (Wildman–Crippen LogP) is -6.14. The predicted molar refractivity (Wildman–Crippen MR) is 188 cm³/mol. The van der Waals surface area contributed by atoms with Crippen LogP contribution in [-0.4, -0.2) is 143 Å². The molecule has 1 heterocycles. The number of nitrogens with two attached hydrogens (primary N) is 2. The van der Waals surface area contributed by atoms with E-state index < -0.39 is 110 Å². The number of benzene rings is 1. The molecule has 1 aliphatic heterocycles. The Balaban J connectivity index is 2.22. The minimum atomic E-state index is -1.68. The maximum Gasteiger partial charge on any atom is 0.245 e. The minimum absolute atomic E-state index is 0.0951. The molecule has 1 aliphatic rings. The van der Waals surface area contributed by atoms with Crippen molar-refractivity contribution >= 4 is 41.4 Å². The average molecular weight is 752 g/mol. The maximum atomic E-state index is 13.3. The molecule has 7 amide bonds. The molecule has 1 fully saturated rings. The molecule has 20 nitrogen and oxygen atoms in total. The van der Waals surface area contributed by atoms with E-state index in [-0.39, 0.29) is 38.8 Å². The summed E-state index contributed by atoms with van der Waals surface area (Å²) in [7, 11) is 0. The van der Waals surface area contributed by atoms with Crippen molar-refractivity contribution < 1.29 is 54.0 Å². The lowest BCUT2D eigenvalue weighted by Crippen LogP contribution is -2.61. The first-order valence-corrected chi connectivity index (χ1v) is 17.3. The van der Waals surface area contributed by atoms with Crippen LogP contribution >= 0.6 is 0 Å². The third kappa shape index (κ3) is 15.4. The molecule has 1 unspecified atom stereocenters. The zero-order valence-corrected chi connectivity index (χ0v) is 29.6. The third-order valence-corrected chi connectivity index (χ3v) is 8.40. The molecule has 53 heavy (non-hydrogen) atoms. The molecule has 1 aromatic carbocycles. The van der Waals surface area contributed by atoms with Crippen LogP contribution in [0.15, 0.2) is 30.3 Å². The Kier molecular flexibility index (Phi) is 19.3. The number of carbonyl (C=O) groups is 7. The first-order valence-electron chi connectivity index (χ1n) is 17.3. The van der Waals surface area contributed by atoms with Gasteiger partial charge in [-0.05, 0) is 38.2 Å². The summed E-state index contributed by atoms with van der Waals surface area (Å²) in [6.07, 6.45) is -0.791. The molecule has 8 atom stereocenters. The Morgan fingerprint density at radius 1 is 0.887 bits per heavy atom. The lowest BCUT2D eigenvalue weighted by Gasteiger charge is -2.28. The molecular weight excluding hydrogens is 698 g/mol. The van der Waals surface area contributed by atoms with Gasteiger partial charge in [-0.2, -0.15) is 0 Å². The maximum absolute atomic E-state index is 13.3. The van der Waals surface area contributed by atoms with Gasteiger partial charge in [0.25, 0.3) is 0 Å². The number of nitrogens with one attached hydrogen (secondary N) is 7.